The Bertz CT molecular complexity index is 132. The van der Waals surface area contributed by atoms with Crippen molar-refractivity contribution >= 4 is 15.9 Å². The Morgan fingerprint density at radius 2 is 2.31 bits per heavy atom. The molecule has 78 valence electrons. The van der Waals surface area contributed by atoms with E-state index in [1.54, 1.807) is 0 Å². The van der Waals surface area contributed by atoms with Crippen molar-refractivity contribution in [1.82, 2.24) is 4.90 Å². The van der Waals surface area contributed by atoms with E-state index >= 15 is 0 Å². The fourth-order valence-corrected chi connectivity index (χ4v) is 2.59. The lowest BCUT2D eigenvalue weighted by Crippen LogP contribution is -2.42. The van der Waals surface area contributed by atoms with E-state index in [-0.39, 0.29) is 0 Å². The van der Waals surface area contributed by atoms with Crippen LogP contribution in [-0.2, 0) is 4.74 Å². The van der Waals surface area contributed by atoms with Gasteiger partial charge in [0.2, 0.25) is 0 Å². The molecule has 1 rings (SSSR count). The average molecular weight is 250 g/mol. The third kappa shape index (κ3) is 3.96. The van der Waals surface area contributed by atoms with Gasteiger partial charge in [0.15, 0.2) is 0 Å². The van der Waals surface area contributed by atoms with Gasteiger partial charge in [-0.05, 0) is 26.3 Å². The van der Waals surface area contributed by atoms with E-state index in [4.69, 9.17) is 4.74 Å². The summed E-state index contributed by atoms with van der Waals surface area (Å²) in [4.78, 5) is 2.55. The molecule has 0 aliphatic carbocycles. The smallest absolute Gasteiger partial charge is 0.0593 e. The molecule has 0 N–H and O–H groups in total. The molecule has 0 aromatic carbocycles. The molecule has 0 saturated carbocycles. The highest BCUT2D eigenvalue weighted by Gasteiger charge is 2.20. The van der Waals surface area contributed by atoms with Crippen molar-refractivity contribution in [2.75, 3.05) is 31.6 Å². The Morgan fingerprint density at radius 1 is 1.46 bits per heavy atom. The zero-order valence-electron chi connectivity index (χ0n) is 8.47. The Labute approximate surface area is 89.8 Å². The molecule has 1 heterocycles. The molecule has 3 heteroatoms. The molecule has 1 fully saturated rings. The molecule has 1 atom stereocenters. The van der Waals surface area contributed by atoms with Gasteiger partial charge < -0.3 is 4.74 Å². The first-order chi connectivity index (χ1) is 6.38. The summed E-state index contributed by atoms with van der Waals surface area (Å²) >= 11 is 3.58. The van der Waals surface area contributed by atoms with Crippen LogP contribution in [0, 0.1) is 0 Å². The SMILES string of the molecule is CCOCCN1CCCCC1CBr. The van der Waals surface area contributed by atoms with Crippen LogP contribution in [0.1, 0.15) is 26.2 Å². The van der Waals surface area contributed by atoms with Crippen molar-refractivity contribution in [2.45, 2.75) is 32.2 Å². The maximum atomic E-state index is 5.37. The first kappa shape index (κ1) is 11.5. The molecule has 0 aromatic heterocycles. The first-order valence-electron chi connectivity index (χ1n) is 5.26. The van der Waals surface area contributed by atoms with Crippen molar-refractivity contribution in [3.8, 4) is 0 Å². The van der Waals surface area contributed by atoms with Gasteiger partial charge in [0.1, 0.15) is 0 Å². The van der Waals surface area contributed by atoms with Gasteiger partial charge in [0.05, 0.1) is 6.61 Å². The number of hydrogen-bond donors (Lipinski definition) is 0. The molecule has 0 aromatic rings. The van der Waals surface area contributed by atoms with Crippen molar-refractivity contribution in [1.29, 1.82) is 0 Å². The minimum atomic E-state index is 0.745. The summed E-state index contributed by atoms with van der Waals surface area (Å²) in [6.45, 7) is 6.14. The Hall–Kier alpha value is 0.400. The number of likely N-dealkylation sites (tertiary alicyclic amines) is 1. The van der Waals surface area contributed by atoms with Gasteiger partial charge in [-0.25, -0.2) is 0 Å². The molecule has 1 aliphatic rings. The Kier molecular flexibility index (Phi) is 6.00. The summed E-state index contributed by atoms with van der Waals surface area (Å²) in [6.07, 6.45) is 4.09. The third-order valence-electron chi connectivity index (χ3n) is 2.65. The molecule has 1 unspecified atom stereocenters. The summed E-state index contributed by atoms with van der Waals surface area (Å²) in [6, 6.07) is 0.745. The normalized spacial score (nSPS) is 24.9. The van der Waals surface area contributed by atoms with Crippen LogP contribution in [0.2, 0.25) is 0 Å². The van der Waals surface area contributed by atoms with Gasteiger partial charge in [-0.2, -0.15) is 0 Å². The molecule has 0 amide bonds. The lowest BCUT2D eigenvalue weighted by atomic mass is 10.0. The van der Waals surface area contributed by atoms with Crippen LogP contribution < -0.4 is 0 Å². The lowest BCUT2D eigenvalue weighted by Gasteiger charge is -2.34. The van der Waals surface area contributed by atoms with Crippen LogP contribution in [-0.4, -0.2) is 42.6 Å². The molecule has 0 bridgehead atoms. The highest BCUT2D eigenvalue weighted by atomic mass is 79.9. The number of rotatable bonds is 5. The fraction of sp³-hybridized carbons (Fsp3) is 1.00. The maximum Gasteiger partial charge on any atom is 0.0593 e. The molecule has 0 radical (unpaired) electrons. The van der Waals surface area contributed by atoms with Gasteiger partial charge in [0.25, 0.3) is 0 Å². The van der Waals surface area contributed by atoms with Crippen LogP contribution in [0.5, 0.6) is 0 Å². The van der Waals surface area contributed by atoms with E-state index in [0.717, 1.165) is 31.1 Å². The third-order valence-corrected chi connectivity index (χ3v) is 3.40. The summed E-state index contributed by atoms with van der Waals surface area (Å²) in [5.74, 6) is 0. The minimum Gasteiger partial charge on any atom is -0.380 e. The zero-order chi connectivity index (χ0) is 9.52. The largest absolute Gasteiger partial charge is 0.380 e. The van der Waals surface area contributed by atoms with Crippen LogP contribution in [0.4, 0.5) is 0 Å². The van der Waals surface area contributed by atoms with Gasteiger partial charge >= 0.3 is 0 Å². The van der Waals surface area contributed by atoms with Crippen molar-refractivity contribution < 1.29 is 4.74 Å². The summed E-state index contributed by atoms with van der Waals surface area (Å²) in [7, 11) is 0. The summed E-state index contributed by atoms with van der Waals surface area (Å²) in [5.41, 5.74) is 0. The predicted molar refractivity (Wildman–Crippen MR) is 59.5 cm³/mol. The summed E-state index contributed by atoms with van der Waals surface area (Å²) < 4.78 is 5.37. The van der Waals surface area contributed by atoms with Crippen molar-refractivity contribution in [3.63, 3.8) is 0 Å². The van der Waals surface area contributed by atoms with Crippen LogP contribution in [0.3, 0.4) is 0 Å². The van der Waals surface area contributed by atoms with E-state index in [0.29, 0.717) is 0 Å². The maximum absolute atomic E-state index is 5.37. The van der Waals surface area contributed by atoms with Crippen LogP contribution in [0.25, 0.3) is 0 Å². The molecule has 1 aliphatic heterocycles. The topological polar surface area (TPSA) is 12.5 Å². The highest BCUT2D eigenvalue weighted by Crippen LogP contribution is 2.17. The van der Waals surface area contributed by atoms with Gasteiger partial charge in [-0.1, -0.05) is 22.4 Å². The molecule has 13 heavy (non-hydrogen) atoms. The average Bonchev–Trinajstić information content (AvgIpc) is 2.19. The minimum absolute atomic E-state index is 0.745. The van der Waals surface area contributed by atoms with E-state index in [1.165, 1.54) is 25.8 Å². The van der Waals surface area contributed by atoms with Gasteiger partial charge in [-0.15, -0.1) is 0 Å². The molecular formula is C10H20BrNO. The Morgan fingerprint density at radius 3 is 3.00 bits per heavy atom. The zero-order valence-corrected chi connectivity index (χ0v) is 10.1. The van der Waals surface area contributed by atoms with Crippen LogP contribution in [0.15, 0.2) is 0 Å². The van der Waals surface area contributed by atoms with E-state index < -0.39 is 0 Å². The van der Waals surface area contributed by atoms with E-state index in [1.807, 2.05) is 0 Å². The quantitative estimate of drug-likeness (QED) is 0.548. The first-order valence-corrected chi connectivity index (χ1v) is 6.38. The number of alkyl halides is 1. The van der Waals surface area contributed by atoms with Crippen molar-refractivity contribution in [2.24, 2.45) is 0 Å². The van der Waals surface area contributed by atoms with Crippen molar-refractivity contribution in [3.05, 3.63) is 0 Å². The predicted octanol–water partition coefficient (Wildman–Crippen LogP) is 2.27. The second kappa shape index (κ2) is 6.80. The standard InChI is InChI=1S/C10H20BrNO/c1-2-13-8-7-12-6-4-3-5-10(12)9-11/h10H,2-9H2,1H3. The second-order valence-corrected chi connectivity index (χ2v) is 4.18. The number of halogens is 1. The number of ether oxygens (including phenoxy) is 1. The number of hydrogen-bond acceptors (Lipinski definition) is 2. The summed E-state index contributed by atoms with van der Waals surface area (Å²) in [5, 5.41) is 1.11. The fourth-order valence-electron chi connectivity index (χ4n) is 1.86. The van der Waals surface area contributed by atoms with Gasteiger partial charge in [-0.3, -0.25) is 4.90 Å². The number of piperidine rings is 1. The molecule has 2 nitrogen and oxygen atoms in total. The Balaban J connectivity index is 2.19. The van der Waals surface area contributed by atoms with Crippen LogP contribution >= 0.6 is 15.9 Å². The second-order valence-electron chi connectivity index (χ2n) is 3.54. The van der Waals surface area contributed by atoms with Gasteiger partial charge in [0, 0.05) is 24.5 Å². The van der Waals surface area contributed by atoms with E-state index in [2.05, 4.69) is 27.8 Å². The van der Waals surface area contributed by atoms with E-state index in [9.17, 15) is 0 Å². The molecule has 1 saturated heterocycles. The molecule has 0 spiro atoms. The monoisotopic (exact) mass is 249 g/mol. The molecular weight excluding hydrogens is 230 g/mol. The highest BCUT2D eigenvalue weighted by molar-refractivity contribution is 9.09. The lowest BCUT2D eigenvalue weighted by molar-refractivity contribution is 0.0844. The number of nitrogens with zero attached hydrogens (tertiary/aromatic N) is 1.